The summed E-state index contributed by atoms with van der Waals surface area (Å²) < 4.78 is 0. The highest BCUT2D eigenvalue weighted by Gasteiger charge is 2.43. The highest BCUT2D eigenvalue weighted by molar-refractivity contribution is 6.42. The van der Waals surface area contributed by atoms with Crippen LogP contribution in [0.1, 0.15) is 67.1 Å². The second-order valence-electron chi connectivity index (χ2n) is 10.4. The Labute approximate surface area is 247 Å². The molecule has 0 aromatic heterocycles. The summed E-state index contributed by atoms with van der Waals surface area (Å²) in [6, 6.07) is 23.4. The Hall–Kier alpha value is -3.22. The summed E-state index contributed by atoms with van der Waals surface area (Å²) in [7, 11) is 1.85. The molecule has 2 N–H and O–H groups in total. The Bertz CT molecular complexity index is 1300. The van der Waals surface area contributed by atoms with Crippen molar-refractivity contribution in [2.75, 3.05) is 31.6 Å². The van der Waals surface area contributed by atoms with Gasteiger partial charge in [-0.15, -0.1) is 0 Å². The molecular weight excluding hydrogens is 543 g/mol. The second kappa shape index (κ2) is 13.4. The monoisotopic (exact) mass is 580 g/mol. The predicted molar refractivity (Wildman–Crippen MR) is 164 cm³/mol. The van der Waals surface area contributed by atoms with Gasteiger partial charge in [0.25, 0.3) is 5.91 Å². The third kappa shape index (κ3) is 6.73. The molecule has 3 aromatic rings. The van der Waals surface area contributed by atoms with Crippen molar-refractivity contribution in [1.82, 2.24) is 15.5 Å². The van der Waals surface area contributed by atoms with Crippen LogP contribution < -0.4 is 15.5 Å². The largest absolute Gasteiger partial charge is 0.364 e. The second-order valence-corrected chi connectivity index (χ2v) is 11.2. The normalized spacial score (nSPS) is 18.7. The van der Waals surface area contributed by atoms with E-state index in [1.165, 1.54) is 0 Å². The molecule has 3 aromatic carbocycles. The number of carbonyl (C=O) groups is 2. The molecule has 212 valence electrons. The van der Waals surface area contributed by atoms with Crippen molar-refractivity contribution < 1.29 is 9.59 Å². The fourth-order valence-electron chi connectivity index (χ4n) is 5.48. The van der Waals surface area contributed by atoms with Crippen LogP contribution in [0.25, 0.3) is 0 Å². The van der Waals surface area contributed by atoms with Crippen LogP contribution in [-0.4, -0.2) is 43.5 Å². The lowest BCUT2D eigenvalue weighted by Crippen LogP contribution is -2.56. The third-order valence-corrected chi connectivity index (χ3v) is 8.42. The molecule has 0 saturated carbocycles. The molecule has 8 heteroatoms. The van der Waals surface area contributed by atoms with Crippen LogP contribution in [0, 0.1) is 0 Å². The lowest BCUT2D eigenvalue weighted by molar-refractivity contribution is 0.0793. The number of nitrogens with zero attached hydrogens (tertiary/aromatic N) is 2. The molecule has 6 nitrogen and oxygen atoms in total. The van der Waals surface area contributed by atoms with Gasteiger partial charge in [0.05, 0.1) is 21.6 Å². The van der Waals surface area contributed by atoms with E-state index in [4.69, 9.17) is 23.2 Å². The van der Waals surface area contributed by atoms with Crippen LogP contribution in [-0.2, 0) is 5.54 Å². The van der Waals surface area contributed by atoms with Gasteiger partial charge in [0.1, 0.15) is 0 Å². The van der Waals surface area contributed by atoms with Gasteiger partial charge in [0.15, 0.2) is 0 Å². The molecule has 2 unspecified atom stereocenters. The molecule has 1 aliphatic heterocycles. The van der Waals surface area contributed by atoms with Crippen LogP contribution in [0.3, 0.4) is 0 Å². The maximum absolute atomic E-state index is 12.9. The van der Waals surface area contributed by atoms with Gasteiger partial charge in [-0.2, -0.15) is 0 Å². The number of benzene rings is 3. The fourth-order valence-corrected chi connectivity index (χ4v) is 5.78. The summed E-state index contributed by atoms with van der Waals surface area (Å²) in [6.07, 6.45) is 3.34. The molecule has 3 amide bonds. The molecule has 1 saturated heterocycles. The van der Waals surface area contributed by atoms with Gasteiger partial charge in [-0.05, 0) is 73.7 Å². The van der Waals surface area contributed by atoms with E-state index in [1.54, 1.807) is 4.90 Å². The van der Waals surface area contributed by atoms with E-state index in [2.05, 4.69) is 34.6 Å². The number of urea groups is 1. The third-order valence-electron chi connectivity index (χ3n) is 7.68. The van der Waals surface area contributed by atoms with E-state index in [-0.39, 0.29) is 18.0 Å². The Morgan fingerprint density at radius 1 is 1.00 bits per heavy atom. The predicted octanol–water partition coefficient (Wildman–Crippen LogP) is 7.42. The number of unbranched alkanes of at least 4 members (excludes halogenated alkanes) is 1. The maximum atomic E-state index is 12.9. The smallest absolute Gasteiger partial charge is 0.315 e. The first-order valence-corrected chi connectivity index (χ1v) is 14.7. The molecule has 0 aliphatic carbocycles. The van der Waals surface area contributed by atoms with Gasteiger partial charge in [-0.3, -0.25) is 4.79 Å². The Kier molecular flexibility index (Phi) is 9.99. The number of nitrogens with one attached hydrogen (secondary N) is 2. The highest BCUT2D eigenvalue weighted by atomic mass is 35.5. The number of carbonyl (C=O) groups excluding carboxylic acids is 2. The summed E-state index contributed by atoms with van der Waals surface area (Å²) >= 11 is 12.8. The van der Waals surface area contributed by atoms with Gasteiger partial charge in [-0.25, -0.2) is 4.79 Å². The molecule has 1 aliphatic rings. The van der Waals surface area contributed by atoms with Crippen LogP contribution in [0.4, 0.5) is 10.5 Å². The van der Waals surface area contributed by atoms with Crippen molar-refractivity contribution >= 4 is 40.8 Å². The van der Waals surface area contributed by atoms with E-state index in [9.17, 15) is 9.59 Å². The van der Waals surface area contributed by atoms with Gasteiger partial charge in [0, 0.05) is 37.9 Å². The average Bonchev–Trinajstić information content (AvgIpc) is 2.97. The van der Waals surface area contributed by atoms with E-state index in [1.807, 2.05) is 74.6 Å². The van der Waals surface area contributed by atoms with Crippen molar-refractivity contribution in [1.29, 1.82) is 0 Å². The van der Waals surface area contributed by atoms with E-state index in [0.717, 1.165) is 36.2 Å². The fraction of sp³-hybridized carbons (Fsp3) is 0.375. The number of rotatable bonds is 9. The van der Waals surface area contributed by atoms with E-state index < -0.39 is 5.54 Å². The van der Waals surface area contributed by atoms with Crippen molar-refractivity contribution in [2.45, 2.75) is 51.1 Å². The molecule has 1 heterocycles. The number of halogens is 2. The SMILES string of the molecule is CCCCN(C)C(=O)c1ccc(N2CCC(NC(=O)NCC)(c3ccccc3)CC2c2ccc(Cl)c(Cl)c2)cc1. The molecule has 1 fully saturated rings. The van der Waals surface area contributed by atoms with Gasteiger partial charge >= 0.3 is 6.03 Å². The minimum absolute atomic E-state index is 0.0221. The maximum Gasteiger partial charge on any atom is 0.315 e. The molecular formula is C32H38Cl2N4O2. The molecule has 0 spiro atoms. The summed E-state index contributed by atoms with van der Waals surface area (Å²) in [5.74, 6) is 0.0221. The zero-order valence-corrected chi connectivity index (χ0v) is 24.9. The Balaban J connectivity index is 1.70. The number of amides is 3. The standard InChI is InChI=1S/C32H38Cl2N4O2/c1-4-6-19-37(3)30(39)23-12-15-26(16-13-23)38-20-18-32(36-31(40)35-5-2,25-10-8-7-9-11-25)22-29(38)24-14-17-27(33)28(34)21-24/h7-17,21,29H,4-6,18-20,22H2,1-3H3,(H2,35,36,40). The topological polar surface area (TPSA) is 64.7 Å². The van der Waals surface area contributed by atoms with Gasteiger partial charge in [-0.1, -0.05) is 72.9 Å². The summed E-state index contributed by atoms with van der Waals surface area (Å²) in [6.45, 7) is 5.98. The lowest BCUT2D eigenvalue weighted by atomic mass is 9.75. The lowest BCUT2D eigenvalue weighted by Gasteiger charge is -2.48. The number of anilines is 1. The minimum atomic E-state index is -0.592. The number of hydrogen-bond acceptors (Lipinski definition) is 3. The zero-order chi connectivity index (χ0) is 28.7. The average molecular weight is 582 g/mol. The Morgan fingerprint density at radius 2 is 1.73 bits per heavy atom. The highest BCUT2D eigenvalue weighted by Crippen LogP contribution is 2.45. The summed E-state index contributed by atoms with van der Waals surface area (Å²) in [4.78, 5) is 29.9. The first kappa shape index (κ1) is 29.8. The van der Waals surface area contributed by atoms with Crippen LogP contribution in [0.2, 0.25) is 10.0 Å². The number of hydrogen-bond donors (Lipinski definition) is 2. The van der Waals surface area contributed by atoms with Crippen LogP contribution in [0.15, 0.2) is 72.8 Å². The van der Waals surface area contributed by atoms with Crippen LogP contribution >= 0.6 is 23.2 Å². The first-order valence-electron chi connectivity index (χ1n) is 14.0. The zero-order valence-electron chi connectivity index (χ0n) is 23.4. The van der Waals surface area contributed by atoms with Crippen molar-refractivity contribution in [3.8, 4) is 0 Å². The first-order chi connectivity index (χ1) is 19.3. The molecule has 0 bridgehead atoms. The molecule has 0 radical (unpaired) electrons. The van der Waals surface area contributed by atoms with Gasteiger partial charge in [0.2, 0.25) is 0 Å². The van der Waals surface area contributed by atoms with Crippen molar-refractivity contribution in [2.24, 2.45) is 0 Å². The summed E-state index contributed by atoms with van der Waals surface area (Å²) in [5, 5.41) is 7.20. The van der Waals surface area contributed by atoms with Crippen LogP contribution in [0.5, 0.6) is 0 Å². The minimum Gasteiger partial charge on any atom is -0.364 e. The van der Waals surface area contributed by atoms with Crippen molar-refractivity contribution in [3.63, 3.8) is 0 Å². The Morgan fingerprint density at radius 3 is 2.38 bits per heavy atom. The number of piperidine rings is 1. The van der Waals surface area contributed by atoms with Crippen molar-refractivity contribution in [3.05, 3.63) is 99.5 Å². The molecule has 40 heavy (non-hydrogen) atoms. The summed E-state index contributed by atoms with van der Waals surface area (Å²) in [5.41, 5.74) is 3.14. The van der Waals surface area contributed by atoms with E-state index >= 15 is 0 Å². The molecule has 2 atom stereocenters. The molecule has 4 rings (SSSR count). The van der Waals surface area contributed by atoms with Gasteiger partial charge < -0.3 is 20.4 Å². The quantitative estimate of drug-likeness (QED) is 0.276. The van der Waals surface area contributed by atoms with E-state index in [0.29, 0.717) is 41.5 Å².